The van der Waals surface area contributed by atoms with E-state index in [1.807, 2.05) is 36.4 Å². The van der Waals surface area contributed by atoms with Crippen LogP contribution in [0.2, 0.25) is 0 Å². The molecular formula is C37H36N2O6. The first-order valence-corrected chi connectivity index (χ1v) is 15.1. The van der Waals surface area contributed by atoms with E-state index >= 15 is 0 Å². The zero-order valence-corrected chi connectivity index (χ0v) is 24.9. The maximum atomic E-state index is 13.3. The second kappa shape index (κ2) is 14.5. The Bertz CT molecular complexity index is 1730. The van der Waals surface area contributed by atoms with Crippen LogP contribution >= 0.6 is 0 Å². The van der Waals surface area contributed by atoms with E-state index < -0.39 is 6.09 Å². The van der Waals surface area contributed by atoms with Gasteiger partial charge in [0.15, 0.2) is 0 Å². The number of likely N-dealkylation sites (tertiary alicyclic amines) is 1. The number of carbonyl (C=O) groups is 1. The highest BCUT2D eigenvalue weighted by molar-refractivity contribution is 5.83. The lowest BCUT2D eigenvalue weighted by Crippen LogP contribution is -2.47. The summed E-state index contributed by atoms with van der Waals surface area (Å²) in [7, 11) is 0. The smallest absolute Gasteiger partial charge is 0.410 e. The molecule has 0 aliphatic carbocycles. The summed E-state index contributed by atoms with van der Waals surface area (Å²) in [5, 5.41) is 19.6. The molecule has 5 aromatic rings. The van der Waals surface area contributed by atoms with Gasteiger partial charge in [-0.15, -0.1) is 0 Å². The highest BCUT2D eigenvalue weighted by Crippen LogP contribution is 2.34. The minimum atomic E-state index is -0.399. The molecule has 0 saturated carbocycles. The first-order chi connectivity index (χ1) is 22.0. The van der Waals surface area contributed by atoms with Gasteiger partial charge in [-0.2, -0.15) is 0 Å². The summed E-state index contributed by atoms with van der Waals surface area (Å²) in [5.41, 5.74) is 6.06. The van der Waals surface area contributed by atoms with Crippen molar-refractivity contribution in [3.05, 3.63) is 144 Å². The van der Waals surface area contributed by atoms with Crippen LogP contribution in [-0.2, 0) is 34.1 Å². The minimum Gasteiger partial charge on any atom is -0.445 e. The number of nitrogens with zero attached hydrogens (tertiary/aromatic N) is 2. The molecule has 1 heterocycles. The summed E-state index contributed by atoms with van der Waals surface area (Å²) in [6.07, 6.45) is 0.106. The fraction of sp³-hybridized carbons (Fsp3) is 0.216. The van der Waals surface area contributed by atoms with Crippen LogP contribution in [0, 0.1) is 0 Å². The van der Waals surface area contributed by atoms with Crippen molar-refractivity contribution in [3.63, 3.8) is 0 Å². The zero-order valence-electron chi connectivity index (χ0n) is 24.9. The molecule has 0 radical (unpaired) electrons. The molecule has 2 N–H and O–H groups in total. The lowest BCUT2D eigenvalue weighted by molar-refractivity contribution is -0.497. The van der Waals surface area contributed by atoms with Gasteiger partial charge in [0.1, 0.15) is 6.61 Å². The SMILES string of the molecule is O=C(OCc1cccc(CON(O)O)c1)N1CC[C@H](c2cccc(-c3ccccc3)c2)[C@@H](OCc2ccc3ccccc3c2)C1. The van der Waals surface area contributed by atoms with E-state index in [1.165, 1.54) is 16.3 Å². The largest absolute Gasteiger partial charge is 0.445 e. The average Bonchev–Trinajstić information content (AvgIpc) is 3.09. The lowest BCUT2D eigenvalue weighted by Gasteiger charge is -2.38. The van der Waals surface area contributed by atoms with Gasteiger partial charge in [0, 0.05) is 12.5 Å². The molecule has 0 bridgehead atoms. The third-order valence-electron chi connectivity index (χ3n) is 8.22. The standard InChI is InChI=1S/C37H36N2O6/c40-37(44-25-27-8-6-9-28(20-27)26-45-39(41)42)38-19-18-35(34-15-7-14-33(22-34)30-10-2-1-3-11-30)36(23-38)43-24-29-16-17-31-12-4-5-13-32(31)21-29/h1-17,20-22,35-36,41-42H,18-19,23-26H2/t35-,36+/m1/s1. The van der Waals surface area contributed by atoms with Gasteiger partial charge in [0.05, 0.1) is 31.3 Å². The van der Waals surface area contributed by atoms with Crippen molar-refractivity contribution in [1.82, 2.24) is 10.3 Å². The van der Waals surface area contributed by atoms with E-state index in [4.69, 9.17) is 19.9 Å². The maximum absolute atomic E-state index is 13.3. The molecule has 230 valence electrons. The Balaban J connectivity index is 1.17. The molecule has 1 aliphatic heterocycles. The zero-order chi connectivity index (χ0) is 31.0. The normalized spacial score (nSPS) is 16.6. The van der Waals surface area contributed by atoms with E-state index in [9.17, 15) is 4.79 Å². The number of amides is 1. The summed E-state index contributed by atoms with van der Waals surface area (Å²) in [4.78, 5) is 19.7. The van der Waals surface area contributed by atoms with Gasteiger partial charge in [-0.05, 0) is 56.6 Å². The number of piperidine rings is 1. The molecular weight excluding hydrogens is 568 g/mol. The molecule has 8 nitrogen and oxygen atoms in total. The van der Waals surface area contributed by atoms with Crippen LogP contribution in [0.5, 0.6) is 0 Å². The summed E-state index contributed by atoms with van der Waals surface area (Å²) >= 11 is 0. The Morgan fingerprint density at radius 3 is 2.24 bits per heavy atom. The van der Waals surface area contributed by atoms with Crippen molar-refractivity contribution >= 4 is 16.9 Å². The second-order valence-corrected chi connectivity index (χ2v) is 11.3. The maximum Gasteiger partial charge on any atom is 0.410 e. The van der Waals surface area contributed by atoms with Crippen molar-refractivity contribution in [2.75, 3.05) is 13.1 Å². The first kappa shape index (κ1) is 30.5. The number of hydrogen-bond acceptors (Lipinski definition) is 7. The fourth-order valence-electron chi connectivity index (χ4n) is 5.92. The number of ether oxygens (including phenoxy) is 2. The van der Waals surface area contributed by atoms with Gasteiger partial charge in [-0.25, -0.2) is 9.63 Å². The van der Waals surface area contributed by atoms with Crippen molar-refractivity contribution in [2.45, 2.75) is 38.3 Å². The second-order valence-electron chi connectivity index (χ2n) is 11.3. The first-order valence-electron chi connectivity index (χ1n) is 15.1. The monoisotopic (exact) mass is 604 g/mol. The van der Waals surface area contributed by atoms with Crippen LogP contribution in [-0.4, -0.2) is 46.0 Å². The Morgan fingerprint density at radius 2 is 1.42 bits per heavy atom. The van der Waals surface area contributed by atoms with Crippen LogP contribution in [0.15, 0.2) is 121 Å². The van der Waals surface area contributed by atoms with Gasteiger partial charge in [0.2, 0.25) is 0 Å². The van der Waals surface area contributed by atoms with E-state index in [-0.39, 0.29) is 30.6 Å². The number of hydrogen-bond donors (Lipinski definition) is 2. The Morgan fingerprint density at radius 1 is 0.711 bits per heavy atom. The van der Waals surface area contributed by atoms with E-state index in [2.05, 4.69) is 71.6 Å². The van der Waals surface area contributed by atoms with Gasteiger partial charge in [-0.3, -0.25) is 10.4 Å². The Kier molecular flexibility index (Phi) is 9.80. The number of carbonyl (C=O) groups excluding carboxylic acids is 1. The van der Waals surface area contributed by atoms with Crippen LogP contribution < -0.4 is 0 Å². The van der Waals surface area contributed by atoms with Crippen molar-refractivity contribution in [2.24, 2.45) is 0 Å². The average molecular weight is 605 g/mol. The highest BCUT2D eigenvalue weighted by atomic mass is 17.1. The van der Waals surface area contributed by atoms with Crippen molar-refractivity contribution in [1.29, 1.82) is 0 Å². The van der Waals surface area contributed by atoms with Crippen LogP contribution in [0.1, 0.15) is 34.6 Å². The molecule has 5 aromatic carbocycles. The number of rotatable bonds is 10. The summed E-state index contributed by atoms with van der Waals surface area (Å²) in [6.45, 7) is 1.43. The number of benzene rings is 5. The van der Waals surface area contributed by atoms with Crippen molar-refractivity contribution in [3.8, 4) is 11.1 Å². The van der Waals surface area contributed by atoms with Gasteiger partial charge in [0.25, 0.3) is 0 Å². The Labute approximate surface area is 262 Å². The predicted octanol–water partition coefficient (Wildman–Crippen LogP) is 7.73. The number of fused-ring (bicyclic) bond motifs is 1. The molecule has 1 fully saturated rings. The third-order valence-corrected chi connectivity index (χ3v) is 8.22. The molecule has 1 amide bonds. The lowest BCUT2D eigenvalue weighted by atomic mass is 9.85. The molecule has 2 atom stereocenters. The molecule has 6 rings (SSSR count). The fourth-order valence-corrected chi connectivity index (χ4v) is 5.92. The molecule has 1 aliphatic rings. The van der Waals surface area contributed by atoms with Gasteiger partial charge >= 0.3 is 6.09 Å². The molecule has 8 heteroatoms. The quantitative estimate of drug-likeness (QED) is 0.158. The van der Waals surface area contributed by atoms with Crippen LogP contribution in [0.4, 0.5) is 4.79 Å². The molecule has 1 saturated heterocycles. The minimum absolute atomic E-state index is 0.0377. The predicted molar refractivity (Wildman–Crippen MR) is 170 cm³/mol. The molecule has 0 unspecified atom stereocenters. The van der Waals surface area contributed by atoms with Crippen LogP contribution in [0.3, 0.4) is 0 Å². The Hall–Kier alpha value is -4.57. The molecule has 0 aromatic heterocycles. The molecule has 0 spiro atoms. The summed E-state index contributed by atoms with van der Waals surface area (Å²) in [5.74, 6) is 0.104. The van der Waals surface area contributed by atoms with E-state index in [0.29, 0.717) is 25.3 Å². The van der Waals surface area contributed by atoms with E-state index in [1.54, 1.807) is 23.1 Å². The highest BCUT2D eigenvalue weighted by Gasteiger charge is 2.34. The summed E-state index contributed by atoms with van der Waals surface area (Å²) < 4.78 is 12.3. The topological polar surface area (TPSA) is 91.7 Å². The summed E-state index contributed by atoms with van der Waals surface area (Å²) in [6, 6.07) is 40.8. The van der Waals surface area contributed by atoms with E-state index in [0.717, 1.165) is 28.7 Å². The molecule has 45 heavy (non-hydrogen) atoms. The third kappa shape index (κ3) is 7.94. The van der Waals surface area contributed by atoms with Crippen molar-refractivity contribution < 1.29 is 29.5 Å². The van der Waals surface area contributed by atoms with Crippen LogP contribution in [0.25, 0.3) is 21.9 Å². The van der Waals surface area contributed by atoms with Gasteiger partial charge < -0.3 is 14.4 Å². The van der Waals surface area contributed by atoms with Gasteiger partial charge in [-0.1, -0.05) is 115 Å².